The molecule has 0 spiro atoms. The van der Waals surface area contributed by atoms with Gasteiger partial charge in [0.1, 0.15) is 30.3 Å². The summed E-state index contributed by atoms with van der Waals surface area (Å²) < 4.78 is 23.1. The normalized spacial score (nSPS) is 34.8. The average Bonchev–Trinajstić information content (AvgIpc) is 3.71. The van der Waals surface area contributed by atoms with Gasteiger partial charge >= 0.3 is 0 Å². The molecule has 3 heterocycles. The molecule has 3 aromatic rings. The Kier molecular flexibility index (Phi) is 8.40. The molecule has 9 rings (SSSR count). The highest BCUT2D eigenvalue weighted by molar-refractivity contribution is 6.21. The predicted octanol–water partition coefficient (Wildman–Crippen LogP) is 7.69. The van der Waals surface area contributed by atoms with Crippen LogP contribution in [0.25, 0.3) is 0 Å². The molecule has 2 unspecified atom stereocenters. The van der Waals surface area contributed by atoms with Crippen LogP contribution in [0.15, 0.2) is 47.7 Å². The summed E-state index contributed by atoms with van der Waals surface area (Å²) >= 11 is 0. The number of anilines is 2. The van der Waals surface area contributed by atoms with E-state index in [4.69, 9.17) is 9.73 Å². The maximum absolute atomic E-state index is 14.7. The van der Waals surface area contributed by atoms with Gasteiger partial charge in [0.05, 0.1) is 23.8 Å². The minimum absolute atomic E-state index is 0.00958. The third-order valence-electron chi connectivity index (χ3n) is 14.7. The zero-order chi connectivity index (χ0) is 35.8. The molecule has 1 aromatic heterocycles. The highest BCUT2D eigenvalue weighted by Crippen LogP contribution is 2.66. The second kappa shape index (κ2) is 12.9. The van der Waals surface area contributed by atoms with Gasteiger partial charge in [0, 0.05) is 55.5 Å². The number of nitrogens with one attached hydrogen (secondary N) is 2. The van der Waals surface area contributed by atoms with Crippen LogP contribution in [-0.4, -0.2) is 57.8 Å². The van der Waals surface area contributed by atoms with Crippen molar-refractivity contribution < 1.29 is 18.7 Å². The molecule has 274 valence electrons. The lowest BCUT2D eigenvalue weighted by Crippen LogP contribution is -2.54. The first-order chi connectivity index (χ1) is 25.1. The van der Waals surface area contributed by atoms with Crippen LogP contribution in [0.4, 0.5) is 15.8 Å². The Morgan fingerprint density at radius 1 is 1.02 bits per heavy atom. The molecule has 2 N–H and O–H groups in total. The van der Waals surface area contributed by atoms with Gasteiger partial charge in [-0.1, -0.05) is 26.0 Å². The Labute approximate surface area is 305 Å². The molecular weight excluding hydrogens is 655 g/mol. The topological polar surface area (TPSA) is 110 Å². The number of halogens is 1. The summed E-state index contributed by atoms with van der Waals surface area (Å²) in [5.41, 5.74) is 5.01. The predicted molar refractivity (Wildman–Crippen MR) is 198 cm³/mol. The Balaban J connectivity index is 0.825. The van der Waals surface area contributed by atoms with E-state index in [1.54, 1.807) is 4.68 Å². The van der Waals surface area contributed by atoms with E-state index in [0.29, 0.717) is 40.0 Å². The van der Waals surface area contributed by atoms with Crippen LogP contribution in [0, 0.1) is 40.3 Å². The Morgan fingerprint density at radius 3 is 2.65 bits per heavy atom. The second-order valence-electron chi connectivity index (χ2n) is 17.1. The SMILES string of the molecule is Cn1ncnc1C1C2=NCC(=O)c3cc(F)cc(c32)N[C@@H]1c1ccc(NCCCOC2CC[C@H]3[C@@H]4CC[C@H]5CC(=O)CC[C@]5(C)[C@H]4CC[C@]23C)cc1. The van der Waals surface area contributed by atoms with Crippen molar-refractivity contribution in [2.45, 2.75) is 96.1 Å². The molecule has 4 aliphatic carbocycles. The molecule has 9 atom stereocenters. The molecule has 4 fully saturated rings. The third-order valence-corrected chi connectivity index (χ3v) is 14.7. The van der Waals surface area contributed by atoms with E-state index >= 15 is 0 Å². The fourth-order valence-corrected chi connectivity index (χ4v) is 11.9. The Morgan fingerprint density at radius 2 is 1.85 bits per heavy atom. The second-order valence-corrected chi connectivity index (χ2v) is 17.1. The monoisotopic (exact) mass is 706 g/mol. The number of fused-ring (bicyclic) bond motifs is 5. The number of hydrogen-bond acceptors (Lipinski definition) is 8. The molecule has 10 heteroatoms. The molecule has 0 radical (unpaired) electrons. The maximum atomic E-state index is 14.7. The van der Waals surface area contributed by atoms with Crippen molar-refractivity contribution in [2.24, 2.45) is 46.5 Å². The number of hydrogen-bond donors (Lipinski definition) is 2. The van der Waals surface area contributed by atoms with Crippen molar-refractivity contribution in [3.63, 3.8) is 0 Å². The lowest BCUT2D eigenvalue weighted by atomic mass is 9.45. The first kappa shape index (κ1) is 33.9. The van der Waals surface area contributed by atoms with Gasteiger partial charge in [0.15, 0.2) is 5.78 Å². The standard InChI is InChI=1S/C42H51FN6O3/c1-41-15-13-28(50)19-25(41)7-10-29-31-11-12-35(42(31,2)16-14-32(29)41)52-18-4-17-44-27-8-5-24(6-9-27)38-37(40-46-23-47-49(40)3)39-36-30(34(51)22-45-39)20-26(43)21-33(36)48-38/h5-6,8-9,20-21,23,25,29,31-32,35,37-38,44,48H,4,7,10-19,22H2,1-3H3/t25-,29-,31-,32-,35?,37?,38+,41-,42-/m0/s1. The number of carbonyl (C=O) groups excluding carboxylic acids is 2. The van der Waals surface area contributed by atoms with E-state index < -0.39 is 5.82 Å². The number of nitrogens with zero attached hydrogens (tertiary/aromatic N) is 4. The van der Waals surface area contributed by atoms with E-state index in [1.165, 1.54) is 57.0 Å². The summed E-state index contributed by atoms with van der Waals surface area (Å²) in [5, 5.41) is 11.4. The largest absolute Gasteiger partial charge is 0.385 e. The van der Waals surface area contributed by atoms with Crippen molar-refractivity contribution >= 4 is 28.7 Å². The van der Waals surface area contributed by atoms with Gasteiger partial charge in [-0.15, -0.1) is 0 Å². The summed E-state index contributed by atoms with van der Waals surface area (Å²) in [5.74, 6) is 3.21. The molecule has 6 aliphatic rings. The number of carbonyl (C=O) groups is 2. The Hall–Kier alpha value is -3.92. The van der Waals surface area contributed by atoms with Crippen LogP contribution >= 0.6 is 0 Å². The van der Waals surface area contributed by atoms with Crippen LogP contribution in [0.5, 0.6) is 0 Å². The number of ether oxygens (including phenoxy) is 1. The maximum Gasteiger partial charge on any atom is 0.185 e. The summed E-state index contributed by atoms with van der Waals surface area (Å²) in [6.45, 7) is 6.61. The summed E-state index contributed by atoms with van der Waals surface area (Å²) in [6, 6.07) is 10.8. The smallest absolute Gasteiger partial charge is 0.185 e. The molecule has 0 saturated heterocycles. The number of ketones is 2. The lowest BCUT2D eigenvalue weighted by molar-refractivity contribution is -0.145. The molecule has 2 aliphatic heterocycles. The van der Waals surface area contributed by atoms with Crippen LogP contribution in [0.2, 0.25) is 0 Å². The number of benzene rings is 2. The summed E-state index contributed by atoms with van der Waals surface area (Å²) in [7, 11) is 1.86. The summed E-state index contributed by atoms with van der Waals surface area (Å²) in [4.78, 5) is 34.3. The van der Waals surface area contributed by atoms with Gasteiger partial charge in [0.25, 0.3) is 0 Å². The highest BCUT2D eigenvalue weighted by Gasteiger charge is 2.60. The van der Waals surface area contributed by atoms with Crippen LogP contribution in [0.1, 0.15) is 117 Å². The lowest BCUT2D eigenvalue weighted by Gasteiger charge is -2.60. The first-order valence-electron chi connectivity index (χ1n) is 19.6. The minimum Gasteiger partial charge on any atom is -0.385 e. The average molecular weight is 707 g/mol. The molecule has 9 nitrogen and oxygen atoms in total. The van der Waals surface area contributed by atoms with Gasteiger partial charge in [-0.25, -0.2) is 9.37 Å². The van der Waals surface area contributed by atoms with E-state index in [9.17, 15) is 14.0 Å². The molecule has 2 aromatic carbocycles. The number of aliphatic imine (C=N–C) groups is 1. The van der Waals surface area contributed by atoms with Gasteiger partial charge in [-0.2, -0.15) is 5.10 Å². The van der Waals surface area contributed by atoms with Gasteiger partial charge in [-0.05, 0) is 116 Å². The minimum atomic E-state index is -0.444. The molecular formula is C42H51FN6O3. The van der Waals surface area contributed by atoms with Crippen molar-refractivity contribution in [1.82, 2.24) is 14.8 Å². The molecule has 0 amide bonds. The first-order valence-corrected chi connectivity index (χ1v) is 19.6. The van der Waals surface area contributed by atoms with Crippen molar-refractivity contribution in [1.29, 1.82) is 0 Å². The Bertz CT molecular complexity index is 1920. The highest BCUT2D eigenvalue weighted by atomic mass is 19.1. The van der Waals surface area contributed by atoms with E-state index in [0.717, 1.165) is 79.4 Å². The molecule has 4 saturated carbocycles. The number of aryl methyl sites for hydroxylation is 1. The van der Waals surface area contributed by atoms with Crippen molar-refractivity contribution in [3.05, 3.63) is 71.1 Å². The number of Topliss-reactive ketones (excluding diaryl/α,β-unsaturated/α-hetero) is 2. The van der Waals surface area contributed by atoms with E-state index in [1.807, 2.05) is 7.05 Å². The van der Waals surface area contributed by atoms with Crippen molar-refractivity contribution in [3.8, 4) is 0 Å². The fourth-order valence-electron chi connectivity index (χ4n) is 11.9. The van der Waals surface area contributed by atoms with Gasteiger partial charge < -0.3 is 15.4 Å². The van der Waals surface area contributed by atoms with E-state index in [2.05, 4.69) is 58.8 Å². The van der Waals surface area contributed by atoms with Crippen molar-refractivity contribution in [2.75, 3.05) is 30.3 Å². The van der Waals surface area contributed by atoms with Gasteiger partial charge in [-0.3, -0.25) is 19.3 Å². The number of rotatable bonds is 8. The molecule has 52 heavy (non-hydrogen) atoms. The van der Waals surface area contributed by atoms with Crippen LogP contribution < -0.4 is 10.6 Å². The zero-order valence-corrected chi connectivity index (χ0v) is 30.7. The quantitative estimate of drug-likeness (QED) is 0.231. The van der Waals surface area contributed by atoms with Crippen LogP contribution in [0.3, 0.4) is 0 Å². The van der Waals surface area contributed by atoms with Gasteiger partial charge in [0.2, 0.25) is 0 Å². The third kappa shape index (κ3) is 5.45. The van der Waals surface area contributed by atoms with Crippen LogP contribution in [-0.2, 0) is 16.6 Å². The molecule has 0 bridgehead atoms. The summed E-state index contributed by atoms with van der Waals surface area (Å²) in [6.07, 6.45) is 13.1. The zero-order valence-electron chi connectivity index (χ0n) is 30.7. The number of aromatic nitrogens is 3. The van der Waals surface area contributed by atoms with E-state index in [-0.39, 0.29) is 29.7 Å². The fraction of sp³-hybridized carbons (Fsp3) is 0.595.